The Kier molecular flexibility index (Phi) is 5.23. The van der Waals surface area contributed by atoms with Gasteiger partial charge in [0.05, 0.1) is 5.92 Å². The Morgan fingerprint density at radius 1 is 1.35 bits per heavy atom. The van der Waals surface area contributed by atoms with Crippen LogP contribution in [0.4, 0.5) is 0 Å². The van der Waals surface area contributed by atoms with Gasteiger partial charge in [0.1, 0.15) is 5.75 Å². The van der Waals surface area contributed by atoms with Crippen LogP contribution in [0.25, 0.3) is 6.08 Å². The molecule has 0 aliphatic heterocycles. The molecule has 0 radical (unpaired) electrons. The van der Waals surface area contributed by atoms with E-state index in [1.807, 2.05) is 12.2 Å². The highest BCUT2D eigenvalue weighted by Crippen LogP contribution is 2.13. The average Bonchev–Trinajstić information content (AvgIpc) is 2.30. The van der Waals surface area contributed by atoms with Crippen LogP contribution >= 0.6 is 0 Å². The number of rotatable bonds is 6. The van der Waals surface area contributed by atoms with Gasteiger partial charge in [-0.15, -0.1) is 0 Å². The molecule has 0 amide bonds. The predicted molar refractivity (Wildman–Crippen MR) is 66.6 cm³/mol. The molecule has 0 heterocycles. The number of hydrogen-bond acceptors (Lipinski definition) is 3. The van der Waals surface area contributed by atoms with Crippen molar-refractivity contribution in [3.63, 3.8) is 0 Å². The topological polar surface area (TPSA) is 83.5 Å². The third-order valence-electron chi connectivity index (χ3n) is 2.49. The van der Waals surface area contributed by atoms with Crippen molar-refractivity contribution in [3.05, 3.63) is 35.9 Å². The van der Waals surface area contributed by atoms with E-state index < -0.39 is 11.9 Å². The van der Waals surface area contributed by atoms with Gasteiger partial charge in [-0.3, -0.25) is 4.79 Å². The standard InChI is InChI=1S/C13H17NO3/c14-9-8-11(13(16)17)3-1-2-10-4-6-12(15)7-5-10/h1-2,4-7,11,15H,3,8-9,14H2,(H,16,17). The number of carboxylic acids is 1. The third kappa shape index (κ3) is 4.70. The molecule has 1 unspecified atom stereocenters. The number of hydrogen-bond donors (Lipinski definition) is 3. The van der Waals surface area contributed by atoms with Crippen molar-refractivity contribution in [1.82, 2.24) is 0 Å². The molecule has 4 heteroatoms. The molecule has 92 valence electrons. The number of phenols is 1. The van der Waals surface area contributed by atoms with Gasteiger partial charge in [0, 0.05) is 0 Å². The predicted octanol–water partition coefficient (Wildman–Crippen LogP) is 1.85. The van der Waals surface area contributed by atoms with Crippen molar-refractivity contribution in [1.29, 1.82) is 0 Å². The van der Waals surface area contributed by atoms with Crippen LogP contribution < -0.4 is 5.73 Å². The maximum Gasteiger partial charge on any atom is 0.306 e. The zero-order valence-corrected chi connectivity index (χ0v) is 9.54. The van der Waals surface area contributed by atoms with Gasteiger partial charge in [0.2, 0.25) is 0 Å². The molecule has 0 saturated carbocycles. The number of nitrogens with two attached hydrogens (primary N) is 1. The summed E-state index contributed by atoms with van der Waals surface area (Å²) in [5, 5.41) is 18.0. The monoisotopic (exact) mass is 235 g/mol. The van der Waals surface area contributed by atoms with E-state index in [9.17, 15) is 4.79 Å². The Balaban J connectivity index is 2.53. The summed E-state index contributed by atoms with van der Waals surface area (Å²) in [6.45, 7) is 0.379. The fraction of sp³-hybridized carbons (Fsp3) is 0.308. The van der Waals surface area contributed by atoms with E-state index in [1.54, 1.807) is 24.3 Å². The van der Waals surface area contributed by atoms with E-state index in [-0.39, 0.29) is 5.75 Å². The molecule has 0 bridgehead atoms. The average molecular weight is 235 g/mol. The molecule has 0 saturated heterocycles. The van der Waals surface area contributed by atoms with Crippen LogP contribution in [0.3, 0.4) is 0 Å². The van der Waals surface area contributed by atoms with Gasteiger partial charge in [-0.2, -0.15) is 0 Å². The van der Waals surface area contributed by atoms with E-state index in [4.69, 9.17) is 15.9 Å². The summed E-state index contributed by atoms with van der Waals surface area (Å²) in [7, 11) is 0. The van der Waals surface area contributed by atoms with Crippen molar-refractivity contribution >= 4 is 12.0 Å². The second kappa shape index (κ2) is 6.70. The summed E-state index contributed by atoms with van der Waals surface area (Å²) >= 11 is 0. The molecule has 1 atom stereocenters. The van der Waals surface area contributed by atoms with Crippen LogP contribution in [0.2, 0.25) is 0 Å². The first-order chi connectivity index (χ1) is 8.13. The van der Waals surface area contributed by atoms with E-state index in [0.717, 1.165) is 5.56 Å². The Morgan fingerprint density at radius 2 is 2.00 bits per heavy atom. The number of allylic oxidation sites excluding steroid dienone is 1. The molecular formula is C13H17NO3. The summed E-state index contributed by atoms with van der Waals surface area (Å²) in [6, 6.07) is 6.72. The van der Waals surface area contributed by atoms with Gasteiger partial charge >= 0.3 is 5.97 Å². The van der Waals surface area contributed by atoms with E-state index in [1.165, 1.54) is 0 Å². The minimum atomic E-state index is -0.814. The lowest BCUT2D eigenvalue weighted by atomic mass is 10.0. The quantitative estimate of drug-likeness (QED) is 0.702. The smallest absolute Gasteiger partial charge is 0.306 e. The molecular weight excluding hydrogens is 218 g/mol. The van der Waals surface area contributed by atoms with Gasteiger partial charge in [-0.25, -0.2) is 0 Å². The fourth-order valence-electron chi connectivity index (χ4n) is 1.50. The van der Waals surface area contributed by atoms with Gasteiger partial charge in [-0.1, -0.05) is 24.3 Å². The Hall–Kier alpha value is -1.81. The van der Waals surface area contributed by atoms with Crippen LogP contribution in [-0.4, -0.2) is 22.7 Å². The first-order valence-electron chi connectivity index (χ1n) is 5.52. The van der Waals surface area contributed by atoms with Gasteiger partial charge in [0.25, 0.3) is 0 Å². The minimum Gasteiger partial charge on any atom is -0.508 e. The van der Waals surface area contributed by atoms with Crippen molar-refractivity contribution in [2.75, 3.05) is 6.54 Å². The lowest BCUT2D eigenvalue weighted by Crippen LogP contribution is -2.17. The summed E-state index contributed by atoms with van der Waals surface area (Å²) in [4.78, 5) is 10.9. The van der Waals surface area contributed by atoms with Crippen LogP contribution in [0, 0.1) is 5.92 Å². The van der Waals surface area contributed by atoms with Crippen LogP contribution in [0.1, 0.15) is 18.4 Å². The largest absolute Gasteiger partial charge is 0.508 e. The second-order valence-corrected chi connectivity index (χ2v) is 3.84. The number of phenolic OH excluding ortho intramolecular Hbond substituents is 1. The Morgan fingerprint density at radius 3 is 2.53 bits per heavy atom. The molecule has 1 aromatic rings. The van der Waals surface area contributed by atoms with Crippen molar-refractivity contribution in [2.24, 2.45) is 11.7 Å². The van der Waals surface area contributed by atoms with E-state index >= 15 is 0 Å². The summed E-state index contributed by atoms with van der Waals surface area (Å²) in [5.74, 6) is -1.02. The summed E-state index contributed by atoms with van der Waals surface area (Å²) in [5.41, 5.74) is 6.28. The molecule has 0 aromatic heterocycles. The van der Waals surface area contributed by atoms with Gasteiger partial charge in [-0.05, 0) is 37.1 Å². The number of aromatic hydroxyl groups is 1. The van der Waals surface area contributed by atoms with Crippen molar-refractivity contribution in [2.45, 2.75) is 12.8 Å². The molecule has 0 aliphatic carbocycles. The number of carboxylic acid groups (broad SMARTS) is 1. The summed E-state index contributed by atoms with van der Waals surface area (Å²) in [6.07, 6.45) is 4.61. The highest BCUT2D eigenvalue weighted by molar-refractivity contribution is 5.70. The molecule has 1 rings (SSSR count). The molecule has 17 heavy (non-hydrogen) atoms. The number of carbonyl (C=O) groups is 1. The Bertz CT molecular complexity index is 384. The van der Waals surface area contributed by atoms with Crippen LogP contribution in [-0.2, 0) is 4.79 Å². The van der Waals surface area contributed by atoms with Gasteiger partial charge in [0.15, 0.2) is 0 Å². The first kappa shape index (κ1) is 13.3. The van der Waals surface area contributed by atoms with Crippen molar-refractivity contribution < 1.29 is 15.0 Å². The number of benzene rings is 1. The lowest BCUT2D eigenvalue weighted by Gasteiger charge is -2.07. The maximum absolute atomic E-state index is 10.9. The summed E-state index contributed by atoms with van der Waals surface area (Å²) < 4.78 is 0. The van der Waals surface area contributed by atoms with E-state index in [0.29, 0.717) is 19.4 Å². The maximum atomic E-state index is 10.9. The minimum absolute atomic E-state index is 0.216. The molecule has 0 aliphatic rings. The van der Waals surface area contributed by atoms with E-state index in [2.05, 4.69) is 0 Å². The second-order valence-electron chi connectivity index (χ2n) is 3.84. The third-order valence-corrected chi connectivity index (χ3v) is 2.49. The molecule has 0 fully saturated rings. The highest BCUT2D eigenvalue weighted by Gasteiger charge is 2.13. The van der Waals surface area contributed by atoms with Crippen LogP contribution in [0.5, 0.6) is 5.75 Å². The molecule has 0 spiro atoms. The molecule has 4 nitrogen and oxygen atoms in total. The van der Waals surface area contributed by atoms with Crippen molar-refractivity contribution in [3.8, 4) is 5.75 Å². The lowest BCUT2D eigenvalue weighted by molar-refractivity contribution is -0.141. The molecule has 1 aromatic carbocycles. The first-order valence-corrected chi connectivity index (χ1v) is 5.52. The molecule has 4 N–H and O–H groups in total. The Labute approximate surface area is 100 Å². The normalized spacial score (nSPS) is 12.8. The SMILES string of the molecule is NCCC(CC=Cc1ccc(O)cc1)C(=O)O. The highest BCUT2D eigenvalue weighted by atomic mass is 16.4. The van der Waals surface area contributed by atoms with Crippen LogP contribution in [0.15, 0.2) is 30.3 Å². The fourth-order valence-corrected chi connectivity index (χ4v) is 1.50. The zero-order chi connectivity index (χ0) is 12.7. The van der Waals surface area contributed by atoms with Gasteiger partial charge < -0.3 is 15.9 Å². The zero-order valence-electron chi connectivity index (χ0n) is 9.54. The number of aliphatic carboxylic acids is 1.